The number of rotatable bonds is 6. The van der Waals surface area contributed by atoms with Crippen LogP contribution in [0.5, 0.6) is 0 Å². The van der Waals surface area contributed by atoms with Crippen LogP contribution >= 0.6 is 0 Å². The van der Waals surface area contributed by atoms with Gasteiger partial charge in [-0.15, -0.1) is 0 Å². The highest BCUT2D eigenvalue weighted by Gasteiger charge is 2.17. The zero-order chi connectivity index (χ0) is 13.5. The largest absolute Gasteiger partial charge is 0.355 e. The van der Waals surface area contributed by atoms with Gasteiger partial charge in [0.25, 0.3) is 0 Å². The molecule has 1 atom stereocenters. The van der Waals surface area contributed by atoms with Crippen molar-refractivity contribution < 1.29 is 4.79 Å². The molecule has 3 N–H and O–H groups in total. The molecule has 1 aromatic rings. The van der Waals surface area contributed by atoms with Gasteiger partial charge in [0.05, 0.1) is 6.04 Å². The fraction of sp³-hybridized carbons (Fsp3) is 0.500. The number of carbonyl (C=O) groups excluding carboxylic acids is 1. The molecule has 0 aliphatic carbocycles. The highest BCUT2D eigenvalue weighted by atomic mass is 16.2. The van der Waals surface area contributed by atoms with Gasteiger partial charge in [0.2, 0.25) is 5.91 Å². The van der Waals surface area contributed by atoms with Crippen LogP contribution in [0.4, 0.5) is 0 Å². The summed E-state index contributed by atoms with van der Waals surface area (Å²) < 4.78 is 0. The maximum atomic E-state index is 11.7. The molecule has 0 aromatic heterocycles. The fourth-order valence-corrected chi connectivity index (χ4v) is 1.80. The molecule has 0 saturated heterocycles. The van der Waals surface area contributed by atoms with Gasteiger partial charge in [-0.05, 0) is 32.0 Å². The van der Waals surface area contributed by atoms with Crippen molar-refractivity contribution in [3.8, 4) is 0 Å². The van der Waals surface area contributed by atoms with Crippen molar-refractivity contribution in [1.29, 1.82) is 0 Å². The minimum Gasteiger partial charge on any atom is -0.355 e. The van der Waals surface area contributed by atoms with Gasteiger partial charge in [0.15, 0.2) is 0 Å². The molecule has 1 rings (SSSR count). The molecule has 100 valence electrons. The van der Waals surface area contributed by atoms with Gasteiger partial charge < -0.3 is 11.1 Å². The average Bonchev–Trinajstić information content (AvgIpc) is 2.38. The summed E-state index contributed by atoms with van der Waals surface area (Å²) in [5, 5.41) is 2.83. The molecule has 4 nitrogen and oxygen atoms in total. The second-order valence-corrected chi connectivity index (χ2v) is 4.51. The van der Waals surface area contributed by atoms with Crippen LogP contribution in [-0.4, -0.2) is 30.4 Å². The third-order valence-electron chi connectivity index (χ3n) is 3.05. The molecule has 0 heterocycles. The van der Waals surface area contributed by atoms with Crippen LogP contribution in [0, 0.1) is 0 Å². The van der Waals surface area contributed by atoms with E-state index in [1.54, 1.807) is 0 Å². The van der Waals surface area contributed by atoms with Crippen molar-refractivity contribution in [3.63, 3.8) is 0 Å². The summed E-state index contributed by atoms with van der Waals surface area (Å²) in [6, 6.07) is 8.02. The monoisotopic (exact) mass is 249 g/mol. The molecular formula is C14H23N3O. The van der Waals surface area contributed by atoms with Gasteiger partial charge in [0.1, 0.15) is 0 Å². The quantitative estimate of drug-likeness (QED) is 0.794. The predicted octanol–water partition coefficient (Wildman–Crippen LogP) is 1.10. The molecule has 0 aliphatic heterocycles. The van der Waals surface area contributed by atoms with E-state index in [4.69, 9.17) is 5.73 Å². The first-order valence-electron chi connectivity index (χ1n) is 6.34. The molecule has 0 bridgehead atoms. The van der Waals surface area contributed by atoms with Crippen molar-refractivity contribution in [2.75, 3.05) is 13.6 Å². The Morgan fingerprint density at radius 3 is 2.72 bits per heavy atom. The highest BCUT2D eigenvalue weighted by molar-refractivity contribution is 5.81. The van der Waals surface area contributed by atoms with Crippen molar-refractivity contribution in [3.05, 3.63) is 35.4 Å². The van der Waals surface area contributed by atoms with Crippen LogP contribution in [-0.2, 0) is 17.9 Å². The molecule has 1 aromatic carbocycles. The molecule has 0 saturated carbocycles. The number of hydrogen-bond donors (Lipinski definition) is 2. The summed E-state index contributed by atoms with van der Waals surface area (Å²) in [5.74, 6) is 0.0648. The Labute approximate surface area is 109 Å². The Bertz CT molecular complexity index is 392. The van der Waals surface area contributed by atoms with E-state index >= 15 is 0 Å². The third kappa shape index (κ3) is 4.13. The molecule has 0 aliphatic rings. The Morgan fingerprint density at radius 1 is 1.44 bits per heavy atom. The van der Waals surface area contributed by atoms with E-state index in [9.17, 15) is 4.79 Å². The fourth-order valence-electron chi connectivity index (χ4n) is 1.80. The molecule has 0 spiro atoms. The molecule has 1 amide bonds. The lowest BCUT2D eigenvalue weighted by molar-refractivity contribution is -0.125. The lowest BCUT2D eigenvalue weighted by Crippen LogP contribution is -2.42. The van der Waals surface area contributed by atoms with E-state index in [1.807, 2.05) is 37.9 Å². The summed E-state index contributed by atoms with van der Waals surface area (Å²) in [5.41, 5.74) is 7.91. The topological polar surface area (TPSA) is 58.4 Å². The maximum Gasteiger partial charge on any atom is 0.237 e. The Kier molecular flexibility index (Phi) is 5.82. The summed E-state index contributed by atoms with van der Waals surface area (Å²) in [7, 11) is 1.95. The van der Waals surface area contributed by atoms with Crippen LogP contribution in [0.3, 0.4) is 0 Å². The van der Waals surface area contributed by atoms with Gasteiger partial charge in [-0.1, -0.05) is 24.3 Å². The lowest BCUT2D eigenvalue weighted by atomic mass is 10.1. The molecular weight excluding hydrogens is 226 g/mol. The second-order valence-electron chi connectivity index (χ2n) is 4.51. The maximum absolute atomic E-state index is 11.7. The average molecular weight is 249 g/mol. The van der Waals surface area contributed by atoms with Gasteiger partial charge >= 0.3 is 0 Å². The molecule has 0 radical (unpaired) electrons. The lowest BCUT2D eigenvalue weighted by Gasteiger charge is -2.23. The normalized spacial score (nSPS) is 12.5. The Hall–Kier alpha value is -1.39. The number of carbonyl (C=O) groups is 1. The van der Waals surface area contributed by atoms with Crippen LogP contribution in [0.15, 0.2) is 24.3 Å². The van der Waals surface area contributed by atoms with Crippen LogP contribution in [0.2, 0.25) is 0 Å². The van der Waals surface area contributed by atoms with E-state index < -0.39 is 0 Å². The first-order chi connectivity index (χ1) is 8.58. The summed E-state index contributed by atoms with van der Waals surface area (Å²) >= 11 is 0. The standard InChI is InChI=1S/C14H23N3O/c1-4-16-14(18)11(2)17(3)10-13-7-5-6-12(8-13)9-15/h5-8,11H,4,9-10,15H2,1-3H3,(H,16,18). The van der Waals surface area contributed by atoms with Crippen molar-refractivity contribution in [2.24, 2.45) is 5.73 Å². The molecule has 18 heavy (non-hydrogen) atoms. The number of nitrogens with two attached hydrogens (primary N) is 1. The van der Waals surface area contributed by atoms with Crippen LogP contribution < -0.4 is 11.1 Å². The third-order valence-corrected chi connectivity index (χ3v) is 3.05. The zero-order valence-corrected chi connectivity index (χ0v) is 11.4. The molecule has 0 fully saturated rings. The van der Waals surface area contributed by atoms with E-state index in [2.05, 4.69) is 17.4 Å². The first kappa shape index (κ1) is 14.7. The summed E-state index contributed by atoms with van der Waals surface area (Å²) in [4.78, 5) is 13.8. The summed E-state index contributed by atoms with van der Waals surface area (Å²) in [6.07, 6.45) is 0. The zero-order valence-electron chi connectivity index (χ0n) is 11.4. The Morgan fingerprint density at radius 2 is 2.11 bits per heavy atom. The highest BCUT2D eigenvalue weighted by Crippen LogP contribution is 2.09. The SMILES string of the molecule is CCNC(=O)C(C)N(C)Cc1cccc(CN)c1. The smallest absolute Gasteiger partial charge is 0.237 e. The minimum absolute atomic E-state index is 0.0648. The van der Waals surface area contributed by atoms with Gasteiger partial charge in [-0.25, -0.2) is 0 Å². The molecule has 1 unspecified atom stereocenters. The number of hydrogen-bond acceptors (Lipinski definition) is 3. The number of amides is 1. The second kappa shape index (κ2) is 7.13. The van der Waals surface area contributed by atoms with Gasteiger partial charge in [0, 0.05) is 19.6 Å². The van der Waals surface area contributed by atoms with E-state index in [1.165, 1.54) is 5.56 Å². The number of likely N-dealkylation sites (N-methyl/N-ethyl adjacent to an activating group) is 2. The van der Waals surface area contributed by atoms with Crippen LogP contribution in [0.1, 0.15) is 25.0 Å². The summed E-state index contributed by atoms with van der Waals surface area (Å²) in [6.45, 7) is 5.79. The minimum atomic E-state index is -0.133. The van der Waals surface area contributed by atoms with E-state index in [0.29, 0.717) is 13.1 Å². The Balaban J connectivity index is 2.62. The van der Waals surface area contributed by atoms with Gasteiger partial charge in [-0.2, -0.15) is 0 Å². The van der Waals surface area contributed by atoms with E-state index in [-0.39, 0.29) is 11.9 Å². The van der Waals surface area contributed by atoms with Crippen molar-refractivity contribution in [1.82, 2.24) is 10.2 Å². The van der Waals surface area contributed by atoms with Crippen molar-refractivity contribution >= 4 is 5.91 Å². The number of nitrogens with one attached hydrogen (secondary N) is 1. The van der Waals surface area contributed by atoms with Crippen molar-refractivity contribution in [2.45, 2.75) is 33.0 Å². The number of benzene rings is 1. The molecule has 4 heteroatoms. The first-order valence-corrected chi connectivity index (χ1v) is 6.34. The van der Waals surface area contributed by atoms with Gasteiger partial charge in [-0.3, -0.25) is 9.69 Å². The predicted molar refractivity (Wildman–Crippen MR) is 73.9 cm³/mol. The number of nitrogens with zero attached hydrogens (tertiary/aromatic N) is 1. The van der Waals surface area contributed by atoms with E-state index in [0.717, 1.165) is 12.1 Å². The van der Waals surface area contributed by atoms with Crippen LogP contribution in [0.25, 0.3) is 0 Å².